The highest BCUT2D eigenvalue weighted by atomic mass is 15.3. The van der Waals surface area contributed by atoms with Gasteiger partial charge in [-0.1, -0.05) is 6.07 Å². The van der Waals surface area contributed by atoms with E-state index in [1.807, 2.05) is 29.1 Å². The zero-order valence-electron chi connectivity index (χ0n) is 7.74. The summed E-state index contributed by atoms with van der Waals surface area (Å²) in [5, 5.41) is 4.10. The molecule has 2 aromatic rings. The van der Waals surface area contributed by atoms with Crippen molar-refractivity contribution in [2.75, 3.05) is 0 Å². The van der Waals surface area contributed by atoms with E-state index < -0.39 is 0 Å². The zero-order valence-corrected chi connectivity index (χ0v) is 7.74. The first-order valence-electron chi connectivity index (χ1n) is 4.49. The maximum atomic E-state index is 5.99. The van der Waals surface area contributed by atoms with Crippen molar-refractivity contribution in [3.05, 3.63) is 48.5 Å². The Balaban J connectivity index is 2.07. The van der Waals surface area contributed by atoms with Gasteiger partial charge in [0.05, 0.1) is 12.6 Å². The van der Waals surface area contributed by atoms with Crippen LogP contribution in [0.3, 0.4) is 0 Å². The molecule has 1 unspecified atom stereocenters. The van der Waals surface area contributed by atoms with Gasteiger partial charge in [-0.25, -0.2) is 0 Å². The van der Waals surface area contributed by atoms with Gasteiger partial charge in [0.2, 0.25) is 0 Å². The van der Waals surface area contributed by atoms with Gasteiger partial charge in [0.1, 0.15) is 0 Å². The van der Waals surface area contributed by atoms with Crippen molar-refractivity contribution in [3.63, 3.8) is 0 Å². The Morgan fingerprint density at radius 3 is 2.93 bits per heavy atom. The van der Waals surface area contributed by atoms with Crippen LogP contribution in [-0.4, -0.2) is 14.8 Å². The molecule has 2 N–H and O–H groups in total. The molecule has 0 aliphatic heterocycles. The van der Waals surface area contributed by atoms with Gasteiger partial charge in [0, 0.05) is 24.8 Å². The second-order valence-electron chi connectivity index (χ2n) is 3.12. The Kier molecular flexibility index (Phi) is 2.55. The van der Waals surface area contributed by atoms with E-state index in [-0.39, 0.29) is 6.04 Å². The minimum absolute atomic E-state index is 0.0522. The lowest BCUT2D eigenvalue weighted by atomic mass is 10.1. The predicted octanol–water partition coefficient (Wildman–Crippen LogP) is 0.978. The highest BCUT2D eigenvalue weighted by Gasteiger charge is 2.05. The Hall–Kier alpha value is -1.68. The van der Waals surface area contributed by atoms with Gasteiger partial charge >= 0.3 is 0 Å². The van der Waals surface area contributed by atoms with Crippen LogP contribution in [0.2, 0.25) is 0 Å². The SMILES string of the molecule is NC(Cn1cccn1)c1cccnc1. The van der Waals surface area contributed by atoms with E-state index in [0.29, 0.717) is 6.54 Å². The maximum absolute atomic E-state index is 5.99. The van der Waals surface area contributed by atoms with Crippen molar-refractivity contribution in [1.29, 1.82) is 0 Å². The van der Waals surface area contributed by atoms with Gasteiger partial charge in [-0.15, -0.1) is 0 Å². The Morgan fingerprint density at radius 2 is 2.29 bits per heavy atom. The van der Waals surface area contributed by atoms with Crippen LogP contribution in [0.5, 0.6) is 0 Å². The molecule has 14 heavy (non-hydrogen) atoms. The average Bonchev–Trinajstić information content (AvgIpc) is 2.72. The third kappa shape index (κ3) is 1.97. The van der Waals surface area contributed by atoms with Gasteiger partial charge in [-0.05, 0) is 17.7 Å². The summed E-state index contributed by atoms with van der Waals surface area (Å²) in [6.45, 7) is 0.679. The summed E-state index contributed by atoms with van der Waals surface area (Å²) in [6, 6.07) is 5.69. The molecule has 1 atom stereocenters. The molecule has 2 heterocycles. The first-order chi connectivity index (χ1) is 6.86. The number of rotatable bonds is 3. The van der Waals surface area contributed by atoms with E-state index in [4.69, 9.17) is 5.73 Å². The molecule has 0 aromatic carbocycles. The predicted molar refractivity (Wildman–Crippen MR) is 53.4 cm³/mol. The molecule has 0 bridgehead atoms. The van der Waals surface area contributed by atoms with Gasteiger partial charge in [-0.3, -0.25) is 9.67 Å². The summed E-state index contributed by atoms with van der Waals surface area (Å²) in [5.41, 5.74) is 7.02. The van der Waals surface area contributed by atoms with Crippen LogP contribution < -0.4 is 5.73 Å². The van der Waals surface area contributed by atoms with Gasteiger partial charge in [-0.2, -0.15) is 5.10 Å². The molecule has 0 aliphatic carbocycles. The van der Waals surface area contributed by atoms with E-state index >= 15 is 0 Å². The van der Waals surface area contributed by atoms with E-state index in [9.17, 15) is 0 Å². The van der Waals surface area contributed by atoms with Crippen molar-refractivity contribution in [1.82, 2.24) is 14.8 Å². The second-order valence-corrected chi connectivity index (χ2v) is 3.12. The molecule has 0 fully saturated rings. The van der Waals surface area contributed by atoms with Crippen LogP contribution in [0.4, 0.5) is 0 Å². The van der Waals surface area contributed by atoms with Gasteiger partial charge in [0.15, 0.2) is 0 Å². The highest BCUT2D eigenvalue weighted by molar-refractivity contribution is 5.12. The lowest BCUT2D eigenvalue weighted by Crippen LogP contribution is -2.17. The molecular weight excluding hydrogens is 176 g/mol. The third-order valence-corrected chi connectivity index (χ3v) is 2.06. The first kappa shape index (κ1) is 8.90. The number of aromatic nitrogens is 3. The van der Waals surface area contributed by atoms with Crippen LogP contribution in [0.15, 0.2) is 43.0 Å². The zero-order chi connectivity index (χ0) is 9.80. The smallest absolute Gasteiger partial charge is 0.0602 e. The third-order valence-electron chi connectivity index (χ3n) is 2.06. The van der Waals surface area contributed by atoms with E-state index in [1.165, 1.54) is 0 Å². The minimum atomic E-state index is -0.0522. The molecule has 2 aromatic heterocycles. The molecule has 4 nitrogen and oxygen atoms in total. The molecule has 0 radical (unpaired) electrons. The van der Waals surface area contributed by atoms with Crippen LogP contribution in [-0.2, 0) is 6.54 Å². The number of pyridine rings is 1. The standard InChI is InChI=1S/C10H12N4/c11-10(8-14-6-2-5-13-14)9-3-1-4-12-7-9/h1-7,10H,8,11H2. The summed E-state index contributed by atoms with van der Waals surface area (Å²) < 4.78 is 1.82. The fraction of sp³-hybridized carbons (Fsp3) is 0.200. The molecule has 0 amide bonds. The fourth-order valence-electron chi connectivity index (χ4n) is 1.31. The average molecular weight is 188 g/mol. The fourth-order valence-corrected chi connectivity index (χ4v) is 1.31. The lowest BCUT2D eigenvalue weighted by Gasteiger charge is -2.10. The summed E-state index contributed by atoms with van der Waals surface area (Å²) in [6.07, 6.45) is 7.17. The lowest BCUT2D eigenvalue weighted by molar-refractivity contribution is 0.527. The molecule has 0 saturated heterocycles. The van der Waals surface area contributed by atoms with E-state index in [2.05, 4.69) is 10.1 Å². The van der Waals surface area contributed by atoms with Crippen LogP contribution in [0, 0.1) is 0 Å². The van der Waals surface area contributed by atoms with Crippen molar-refractivity contribution < 1.29 is 0 Å². The summed E-state index contributed by atoms with van der Waals surface area (Å²) in [4.78, 5) is 4.03. The number of nitrogens with zero attached hydrogens (tertiary/aromatic N) is 3. The van der Waals surface area contributed by atoms with Gasteiger partial charge in [0.25, 0.3) is 0 Å². The molecule has 4 heteroatoms. The van der Waals surface area contributed by atoms with Gasteiger partial charge < -0.3 is 5.73 Å². The summed E-state index contributed by atoms with van der Waals surface area (Å²) in [5.74, 6) is 0. The summed E-state index contributed by atoms with van der Waals surface area (Å²) in [7, 11) is 0. The van der Waals surface area contributed by atoms with Crippen molar-refractivity contribution >= 4 is 0 Å². The van der Waals surface area contributed by atoms with Crippen LogP contribution >= 0.6 is 0 Å². The molecule has 0 saturated carbocycles. The summed E-state index contributed by atoms with van der Waals surface area (Å²) >= 11 is 0. The number of hydrogen-bond acceptors (Lipinski definition) is 3. The van der Waals surface area contributed by atoms with Crippen molar-refractivity contribution in [2.45, 2.75) is 12.6 Å². The topological polar surface area (TPSA) is 56.7 Å². The molecular formula is C10H12N4. The Morgan fingerprint density at radius 1 is 1.36 bits per heavy atom. The molecule has 72 valence electrons. The minimum Gasteiger partial charge on any atom is -0.322 e. The van der Waals surface area contributed by atoms with Crippen LogP contribution in [0.25, 0.3) is 0 Å². The largest absolute Gasteiger partial charge is 0.322 e. The maximum Gasteiger partial charge on any atom is 0.0602 e. The quantitative estimate of drug-likeness (QED) is 0.781. The van der Waals surface area contributed by atoms with E-state index in [1.54, 1.807) is 18.6 Å². The molecule has 0 aliphatic rings. The van der Waals surface area contributed by atoms with Crippen molar-refractivity contribution in [3.8, 4) is 0 Å². The molecule has 0 spiro atoms. The Bertz CT molecular complexity index is 368. The van der Waals surface area contributed by atoms with Crippen LogP contribution in [0.1, 0.15) is 11.6 Å². The number of hydrogen-bond donors (Lipinski definition) is 1. The number of nitrogens with two attached hydrogens (primary N) is 1. The Labute approximate surface area is 82.4 Å². The normalized spacial score (nSPS) is 12.6. The monoisotopic (exact) mass is 188 g/mol. The highest BCUT2D eigenvalue weighted by Crippen LogP contribution is 2.09. The molecule has 2 rings (SSSR count). The van der Waals surface area contributed by atoms with Crippen molar-refractivity contribution in [2.24, 2.45) is 5.73 Å². The second kappa shape index (κ2) is 4.02. The van der Waals surface area contributed by atoms with E-state index in [0.717, 1.165) is 5.56 Å². The first-order valence-corrected chi connectivity index (χ1v) is 4.49.